The Morgan fingerprint density at radius 2 is 2.07 bits per heavy atom. The number of hydrogen-bond donors (Lipinski definition) is 1. The number of carbonyl (C=O) groups excluding carboxylic acids is 1. The van der Waals surface area contributed by atoms with Gasteiger partial charge in [0.15, 0.2) is 6.23 Å². The van der Waals surface area contributed by atoms with Crippen LogP contribution in [-0.2, 0) is 16.0 Å². The topological polar surface area (TPSA) is 52.3 Å². The Labute approximate surface area is 87.8 Å². The second-order valence-corrected chi connectivity index (χ2v) is 3.15. The van der Waals surface area contributed by atoms with E-state index in [1.807, 2.05) is 30.3 Å². The van der Waals surface area contributed by atoms with Crippen LogP contribution in [-0.4, -0.2) is 18.1 Å². The van der Waals surface area contributed by atoms with E-state index < -0.39 is 6.23 Å². The molecule has 0 aliphatic carbocycles. The zero-order chi connectivity index (χ0) is 10.4. The van der Waals surface area contributed by atoms with Crippen molar-refractivity contribution in [3.8, 4) is 0 Å². The minimum Gasteiger partial charge on any atom is -0.445 e. The SMILES string of the molecule is NC(CCl)OC(=O)Cc1ccccc1. The van der Waals surface area contributed by atoms with Crippen LogP contribution in [0.3, 0.4) is 0 Å². The van der Waals surface area contributed by atoms with E-state index in [0.29, 0.717) is 0 Å². The molecule has 3 nitrogen and oxygen atoms in total. The predicted octanol–water partition coefficient (Wildman–Crippen LogP) is 1.30. The first-order chi connectivity index (χ1) is 6.72. The summed E-state index contributed by atoms with van der Waals surface area (Å²) in [6, 6.07) is 9.33. The van der Waals surface area contributed by atoms with Crippen molar-refractivity contribution < 1.29 is 9.53 Å². The summed E-state index contributed by atoms with van der Waals surface area (Å²) >= 11 is 5.40. The summed E-state index contributed by atoms with van der Waals surface area (Å²) in [7, 11) is 0. The van der Waals surface area contributed by atoms with Gasteiger partial charge in [0.05, 0.1) is 12.3 Å². The van der Waals surface area contributed by atoms with Gasteiger partial charge < -0.3 is 4.74 Å². The van der Waals surface area contributed by atoms with Crippen LogP contribution in [0.2, 0.25) is 0 Å². The molecule has 0 radical (unpaired) electrons. The van der Waals surface area contributed by atoms with Gasteiger partial charge in [0, 0.05) is 0 Å². The lowest BCUT2D eigenvalue weighted by atomic mass is 10.2. The van der Waals surface area contributed by atoms with Crippen LogP contribution in [0.5, 0.6) is 0 Å². The number of esters is 1. The van der Waals surface area contributed by atoms with E-state index >= 15 is 0 Å². The summed E-state index contributed by atoms with van der Waals surface area (Å²) < 4.78 is 4.81. The molecule has 0 aliphatic rings. The highest BCUT2D eigenvalue weighted by Crippen LogP contribution is 2.01. The molecule has 4 heteroatoms. The molecule has 0 bridgehead atoms. The number of ether oxygens (including phenoxy) is 1. The molecule has 0 aromatic heterocycles. The lowest BCUT2D eigenvalue weighted by Crippen LogP contribution is -2.29. The number of alkyl halides is 1. The molecule has 0 aliphatic heterocycles. The minimum absolute atomic E-state index is 0.112. The highest BCUT2D eigenvalue weighted by Gasteiger charge is 2.08. The molecule has 0 fully saturated rings. The summed E-state index contributed by atoms with van der Waals surface area (Å²) in [6.07, 6.45) is -0.487. The largest absolute Gasteiger partial charge is 0.445 e. The van der Waals surface area contributed by atoms with E-state index in [2.05, 4.69) is 0 Å². The van der Waals surface area contributed by atoms with Crippen LogP contribution in [0, 0.1) is 0 Å². The van der Waals surface area contributed by atoms with E-state index in [9.17, 15) is 4.79 Å². The van der Waals surface area contributed by atoms with Gasteiger partial charge in [-0.1, -0.05) is 30.3 Å². The van der Waals surface area contributed by atoms with Crippen LogP contribution in [0.4, 0.5) is 0 Å². The molecule has 0 heterocycles. The maximum atomic E-state index is 11.2. The highest BCUT2D eigenvalue weighted by molar-refractivity contribution is 6.18. The monoisotopic (exact) mass is 213 g/mol. The van der Waals surface area contributed by atoms with Gasteiger partial charge in [-0.05, 0) is 5.56 Å². The molecular weight excluding hydrogens is 202 g/mol. The molecule has 14 heavy (non-hydrogen) atoms. The van der Waals surface area contributed by atoms with Crippen molar-refractivity contribution in [2.24, 2.45) is 5.73 Å². The Bertz CT molecular complexity index is 289. The fourth-order valence-electron chi connectivity index (χ4n) is 1.00. The molecule has 1 aromatic rings. The normalized spacial score (nSPS) is 12.1. The molecule has 2 N–H and O–H groups in total. The Balaban J connectivity index is 2.42. The van der Waals surface area contributed by atoms with Gasteiger partial charge >= 0.3 is 5.97 Å². The fraction of sp³-hybridized carbons (Fsp3) is 0.300. The first-order valence-electron chi connectivity index (χ1n) is 4.27. The standard InChI is InChI=1S/C10H12ClNO2/c11-7-9(12)14-10(13)6-8-4-2-1-3-5-8/h1-5,9H,6-7,12H2. The smallest absolute Gasteiger partial charge is 0.311 e. The zero-order valence-electron chi connectivity index (χ0n) is 7.65. The van der Waals surface area contributed by atoms with Gasteiger partial charge in [0.1, 0.15) is 0 Å². The molecule has 0 saturated heterocycles. The van der Waals surface area contributed by atoms with Gasteiger partial charge in [-0.2, -0.15) is 0 Å². The maximum Gasteiger partial charge on any atom is 0.311 e. The van der Waals surface area contributed by atoms with Gasteiger partial charge in [-0.25, -0.2) is 0 Å². The molecule has 1 rings (SSSR count). The maximum absolute atomic E-state index is 11.2. The molecule has 76 valence electrons. The number of benzene rings is 1. The number of rotatable bonds is 4. The summed E-state index contributed by atoms with van der Waals surface area (Å²) in [5, 5.41) is 0. The molecule has 0 saturated carbocycles. The van der Waals surface area contributed by atoms with Crippen LogP contribution in [0.1, 0.15) is 5.56 Å². The Kier molecular flexibility index (Phi) is 4.43. The number of hydrogen-bond acceptors (Lipinski definition) is 3. The average molecular weight is 214 g/mol. The lowest BCUT2D eigenvalue weighted by Gasteiger charge is -2.09. The van der Waals surface area contributed by atoms with Crippen LogP contribution in [0.15, 0.2) is 30.3 Å². The van der Waals surface area contributed by atoms with E-state index in [-0.39, 0.29) is 18.3 Å². The Hall–Kier alpha value is -1.06. The molecule has 0 amide bonds. The van der Waals surface area contributed by atoms with Gasteiger partial charge in [0.2, 0.25) is 0 Å². The summed E-state index contributed by atoms with van der Waals surface area (Å²) in [6.45, 7) is 0. The summed E-state index contributed by atoms with van der Waals surface area (Å²) in [5.74, 6) is -0.245. The zero-order valence-corrected chi connectivity index (χ0v) is 8.41. The average Bonchev–Trinajstić information content (AvgIpc) is 2.19. The Morgan fingerprint density at radius 3 is 2.64 bits per heavy atom. The van der Waals surface area contributed by atoms with E-state index in [0.717, 1.165) is 5.56 Å². The molecule has 1 atom stereocenters. The molecule has 1 aromatic carbocycles. The third-order valence-electron chi connectivity index (χ3n) is 1.63. The molecular formula is C10H12ClNO2. The number of halogens is 1. The first-order valence-corrected chi connectivity index (χ1v) is 4.81. The van der Waals surface area contributed by atoms with Crippen molar-refractivity contribution in [3.05, 3.63) is 35.9 Å². The van der Waals surface area contributed by atoms with Gasteiger partial charge in [-0.3, -0.25) is 10.5 Å². The Morgan fingerprint density at radius 1 is 1.43 bits per heavy atom. The third kappa shape index (κ3) is 3.77. The second-order valence-electron chi connectivity index (χ2n) is 2.84. The number of nitrogens with two attached hydrogens (primary N) is 1. The van der Waals surface area contributed by atoms with Crippen molar-refractivity contribution >= 4 is 17.6 Å². The first kappa shape index (κ1) is 11.0. The summed E-state index contributed by atoms with van der Waals surface area (Å²) in [4.78, 5) is 11.2. The van der Waals surface area contributed by atoms with Crippen LogP contribution < -0.4 is 5.73 Å². The minimum atomic E-state index is -0.715. The predicted molar refractivity (Wildman–Crippen MR) is 54.9 cm³/mol. The fourth-order valence-corrected chi connectivity index (χ4v) is 1.07. The van der Waals surface area contributed by atoms with E-state index in [1.54, 1.807) is 0 Å². The van der Waals surface area contributed by atoms with Crippen molar-refractivity contribution in [1.82, 2.24) is 0 Å². The molecule has 0 spiro atoms. The highest BCUT2D eigenvalue weighted by atomic mass is 35.5. The van der Waals surface area contributed by atoms with Crippen molar-refractivity contribution in [1.29, 1.82) is 0 Å². The van der Waals surface area contributed by atoms with E-state index in [1.165, 1.54) is 0 Å². The lowest BCUT2D eigenvalue weighted by molar-refractivity contribution is -0.146. The van der Waals surface area contributed by atoms with Crippen LogP contribution >= 0.6 is 11.6 Å². The number of carbonyl (C=O) groups is 1. The van der Waals surface area contributed by atoms with E-state index in [4.69, 9.17) is 22.1 Å². The van der Waals surface area contributed by atoms with Crippen molar-refractivity contribution in [2.45, 2.75) is 12.6 Å². The van der Waals surface area contributed by atoms with Crippen LogP contribution in [0.25, 0.3) is 0 Å². The van der Waals surface area contributed by atoms with Gasteiger partial charge in [-0.15, -0.1) is 11.6 Å². The van der Waals surface area contributed by atoms with Crippen molar-refractivity contribution in [2.75, 3.05) is 5.88 Å². The molecule has 1 unspecified atom stereocenters. The van der Waals surface area contributed by atoms with Crippen molar-refractivity contribution in [3.63, 3.8) is 0 Å². The quantitative estimate of drug-likeness (QED) is 0.466. The van der Waals surface area contributed by atoms with Gasteiger partial charge in [0.25, 0.3) is 0 Å². The summed E-state index contributed by atoms with van der Waals surface area (Å²) in [5.41, 5.74) is 6.25. The second kappa shape index (κ2) is 5.62. The third-order valence-corrected chi connectivity index (χ3v) is 1.93.